The second-order valence-electron chi connectivity index (χ2n) is 6.70. The highest BCUT2D eigenvalue weighted by Gasteiger charge is 2.19. The zero-order chi connectivity index (χ0) is 16.2. The third-order valence-electron chi connectivity index (χ3n) is 4.57. The van der Waals surface area contributed by atoms with Crippen molar-refractivity contribution in [2.75, 3.05) is 6.61 Å². The van der Waals surface area contributed by atoms with Crippen molar-refractivity contribution < 1.29 is 9.15 Å². The Bertz CT molecular complexity index is 651. The minimum absolute atomic E-state index is 0.346. The van der Waals surface area contributed by atoms with Gasteiger partial charge in [-0.2, -0.15) is 0 Å². The van der Waals surface area contributed by atoms with Crippen LogP contribution < -0.4 is 5.73 Å². The minimum atomic E-state index is 0.346. The Hall–Kier alpha value is -1.65. The Kier molecular flexibility index (Phi) is 5.13. The molecule has 1 aliphatic carbocycles. The number of nitrogens with zero attached hydrogens (tertiary/aromatic N) is 1. The second kappa shape index (κ2) is 7.28. The summed E-state index contributed by atoms with van der Waals surface area (Å²) in [6.45, 7) is 5.28. The van der Waals surface area contributed by atoms with Crippen LogP contribution in [0.25, 0.3) is 11.5 Å². The molecule has 2 unspecified atom stereocenters. The molecule has 1 saturated carbocycles. The molecule has 2 atom stereocenters. The number of nitrogens with two attached hydrogens (primary N) is 1. The first-order valence-corrected chi connectivity index (χ1v) is 8.48. The van der Waals surface area contributed by atoms with Gasteiger partial charge in [-0.25, -0.2) is 4.98 Å². The Morgan fingerprint density at radius 1 is 1.30 bits per heavy atom. The van der Waals surface area contributed by atoms with Crippen LogP contribution in [0.3, 0.4) is 0 Å². The summed E-state index contributed by atoms with van der Waals surface area (Å²) >= 11 is 0. The maximum absolute atomic E-state index is 6.03. The molecule has 1 fully saturated rings. The summed E-state index contributed by atoms with van der Waals surface area (Å²) in [6.07, 6.45) is 4.67. The Morgan fingerprint density at radius 2 is 2.17 bits per heavy atom. The van der Waals surface area contributed by atoms with Gasteiger partial charge in [-0.15, -0.1) is 0 Å². The van der Waals surface area contributed by atoms with Crippen LogP contribution in [0.4, 0.5) is 0 Å². The van der Waals surface area contributed by atoms with Gasteiger partial charge < -0.3 is 14.9 Å². The third-order valence-corrected chi connectivity index (χ3v) is 4.57. The standard InChI is InChI=1S/C19H26N2O2/c1-13-5-3-7-16(9-13)19-21-18(14(2)23-19)12-22-11-15-6-4-8-17(20)10-15/h3,5,7,9,15,17H,4,6,8,10-12,20H2,1-2H3. The highest BCUT2D eigenvalue weighted by molar-refractivity contribution is 5.54. The fourth-order valence-electron chi connectivity index (χ4n) is 3.27. The van der Waals surface area contributed by atoms with Gasteiger partial charge in [0.15, 0.2) is 0 Å². The van der Waals surface area contributed by atoms with Gasteiger partial charge in [0.05, 0.1) is 6.61 Å². The van der Waals surface area contributed by atoms with Gasteiger partial charge in [-0.1, -0.05) is 24.1 Å². The van der Waals surface area contributed by atoms with Crippen LogP contribution >= 0.6 is 0 Å². The molecular weight excluding hydrogens is 288 g/mol. The number of hydrogen-bond acceptors (Lipinski definition) is 4. The van der Waals surface area contributed by atoms with Gasteiger partial charge in [-0.05, 0) is 51.2 Å². The normalized spacial score (nSPS) is 21.5. The first-order valence-electron chi connectivity index (χ1n) is 8.48. The summed E-state index contributed by atoms with van der Waals surface area (Å²) < 4.78 is 11.7. The van der Waals surface area contributed by atoms with E-state index in [1.807, 2.05) is 19.1 Å². The summed E-state index contributed by atoms with van der Waals surface area (Å²) in [7, 11) is 0. The van der Waals surface area contributed by atoms with Crippen molar-refractivity contribution in [1.29, 1.82) is 0 Å². The average Bonchev–Trinajstić information content (AvgIpc) is 2.89. The van der Waals surface area contributed by atoms with Gasteiger partial charge in [0.2, 0.25) is 5.89 Å². The number of ether oxygens (including phenoxy) is 1. The van der Waals surface area contributed by atoms with E-state index >= 15 is 0 Å². The maximum Gasteiger partial charge on any atom is 0.226 e. The molecule has 0 bridgehead atoms. The van der Waals surface area contributed by atoms with Gasteiger partial charge in [0, 0.05) is 18.2 Å². The molecule has 1 aliphatic rings. The van der Waals surface area contributed by atoms with Gasteiger partial charge in [0.25, 0.3) is 0 Å². The van der Waals surface area contributed by atoms with Crippen molar-refractivity contribution in [1.82, 2.24) is 4.98 Å². The van der Waals surface area contributed by atoms with Crippen molar-refractivity contribution in [3.8, 4) is 11.5 Å². The van der Waals surface area contributed by atoms with Crippen LogP contribution in [0.1, 0.15) is 42.7 Å². The molecule has 124 valence electrons. The van der Waals surface area contributed by atoms with Crippen molar-refractivity contribution in [3.05, 3.63) is 41.3 Å². The summed E-state index contributed by atoms with van der Waals surface area (Å²) in [5.74, 6) is 2.09. The molecule has 0 spiro atoms. The molecule has 1 aromatic heterocycles. The van der Waals surface area contributed by atoms with E-state index < -0.39 is 0 Å². The second-order valence-corrected chi connectivity index (χ2v) is 6.70. The van der Waals surface area contributed by atoms with E-state index in [0.29, 0.717) is 24.5 Å². The van der Waals surface area contributed by atoms with E-state index in [0.717, 1.165) is 36.5 Å². The SMILES string of the molecule is Cc1cccc(-c2nc(COCC3CCCC(N)C3)c(C)o2)c1. The topological polar surface area (TPSA) is 61.3 Å². The van der Waals surface area contributed by atoms with E-state index in [4.69, 9.17) is 14.9 Å². The summed E-state index contributed by atoms with van der Waals surface area (Å²) in [5.41, 5.74) is 9.13. The lowest BCUT2D eigenvalue weighted by Gasteiger charge is -2.26. The Morgan fingerprint density at radius 3 is 2.96 bits per heavy atom. The zero-order valence-electron chi connectivity index (χ0n) is 14.0. The molecule has 0 amide bonds. The predicted molar refractivity (Wildman–Crippen MR) is 91.0 cm³/mol. The Labute approximate surface area is 138 Å². The molecule has 4 heteroatoms. The molecule has 2 N–H and O–H groups in total. The lowest BCUT2D eigenvalue weighted by Crippen LogP contribution is -2.29. The molecular formula is C19H26N2O2. The molecule has 2 aromatic rings. The van der Waals surface area contributed by atoms with Gasteiger partial charge in [0.1, 0.15) is 11.5 Å². The average molecular weight is 314 g/mol. The highest BCUT2D eigenvalue weighted by Crippen LogP contribution is 2.25. The van der Waals surface area contributed by atoms with Crippen LogP contribution in [0.5, 0.6) is 0 Å². The molecule has 1 heterocycles. The van der Waals surface area contributed by atoms with E-state index in [9.17, 15) is 0 Å². The fraction of sp³-hybridized carbons (Fsp3) is 0.526. The number of rotatable bonds is 5. The number of benzene rings is 1. The summed E-state index contributed by atoms with van der Waals surface area (Å²) in [5, 5.41) is 0. The summed E-state index contributed by atoms with van der Waals surface area (Å²) in [6, 6.07) is 8.54. The van der Waals surface area contributed by atoms with Gasteiger partial charge >= 0.3 is 0 Å². The molecule has 23 heavy (non-hydrogen) atoms. The predicted octanol–water partition coefficient (Wildman–Crippen LogP) is 3.99. The fourth-order valence-corrected chi connectivity index (χ4v) is 3.27. The largest absolute Gasteiger partial charge is 0.441 e. The molecule has 1 aromatic carbocycles. The first kappa shape index (κ1) is 16.2. The molecule has 0 aliphatic heterocycles. The van der Waals surface area contributed by atoms with E-state index in [-0.39, 0.29) is 0 Å². The number of hydrogen-bond donors (Lipinski definition) is 1. The maximum atomic E-state index is 6.03. The molecule has 0 saturated heterocycles. The van der Waals surface area contributed by atoms with Crippen LogP contribution in [0.2, 0.25) is 0 Å². The lowest BCUT2D eigenvalue weighted by molar-refractivity contribution is 0.0686. The van der Waals surface area contributed by atoms with Crippen LogP contribution in [0.15, 0.2) is 28.7 Å². The zero-order valence-corrected chi connectivity index (χ0v) is 14.0. The van der Waals surface area contributed by atoms with Crippen LogP contribution in [-0.4, -0.2) is 17.6 Å². The van der Waals surface area contributed by atoms with E-state index in [1.165, 1.54) is 18.4 Å². The first-order chi connectivity index (χ1) is 11.1. The number of oxazole rings is 1. The van der Waals surface area contributed by atoms with Crippen molar-refractivity contribution in [3.63, 3.8) is 0 Å². The minimum Gasteiger partial charge on any atom is -0.441 e. The number of aromatic nitrogens is 1. The monoisotopic (exact) mass is 314 g/mol. The summed E-state index contributed by atoms with van der Waals surface area (Å²) in [4.78, 5) is 4.60. The van der Waals surface area contributed by atoms with E-state index in [1.54, 1.807) is 0 Å². The lowest BCUT2D eigenvalue weighted by atomic mass is 9.87. The smallest absolute Gasteiger partial charge is 0.226 e. The van der Waals surface area contributed by atoms with Crippen molar-refractivity contribution >= 4 is 0 Å². The van der Waals surface area contributed by atoms with Crippen LogP contribution in [-0.2, 0) is 11.3 Å². The quantitative estimate of drug-likeness (QED) is 0.906. The van der Waals surface area contributed by atoms with Crippen molar-refractivity contribution in [2.45, 2.75) is 52.2 Å². The molecule has 4 nitrogen and oxygen atoms in total. The Balaban J connectivity index is 1.58. The van der Waals surface area contributed by atoms with Crippen LogP contribution in [0, 0.1) is 19.8 Å². The van der Waals surface area contributed by atoms with E-state index in [2.05, 4.69) is 24.0 Å². The molecule has 0 radical (unpaired) electrons. The van der Waals surface area contributed by atoms with Crippen molar-refractivity contribution in [2.24, 2.45) is 11.7 Å². The number of aryl methyl sites for hydroxylation is 2. The third kappa shape index (κ3) is 4.21. The molecule has 3 rings (SSSR count). The van der Waals surface area contributed by atoms with Gasteiger partial charge in [-0.3, -0.25) is 0 Å². The highest BCUT2D eigenvalue weighted by atomic mass is 16.5.